The van der Waals surface area contributed by atoms with Crippen LogP contribution in [0.2, 0.25) is 0 Å². The number of aryl methyl sites for hydroxylation is 2. The molecular weight excluding hydrogens is 364 g/mol. The molecule has 0 spiro atoms. The first-order valence-corrected chi connectivity index (χ1v) is 10.5. The molecule has 0 saturated carbocycles. The maximum atomic E-state index is 12.7. The first-order chi connectivity index (χ1) is 12.6. The summed E-state index contributed by atoms with van der Waals surface area (Å²) in [4.78, 5) is 12.7. The molecule has 0 aliphatic rings. The van der Waals surface area contributed by atoms with Crippen molar-refractivity contribution in [3.05, 3.63) is 59.2 Å². The van der Waals surface area contributed by atoms with Gasteiger partial charge in [-0.05, 0) is 50.1 Å². The van der Waals surface area contributed by atoms with Crippen molar-refractivity contribution < 1.29 is 17.9 Å². The van der Waals surface area contributed by atoms with Gasteiger partial charge >= 0.3 is 0 Å². The van der Waals surface area contributed by atoms with E-state index in [1.165, 1.54) is 0 Å². The van der Waals surface area contributed by atoms with Gasteiger partial charge in [-0.15, -0.1) is 0 Å². The number of methoxy groups -OCH3 is 1. The van der Waals surface area contributed by atoms with Crippen molar-refractivity contribution in [1.82, 2.24) is 5.32 Å². The minimum atomic E-state index is -3.64. The smallest absolute Gasteiger partial charge is 0.243 e. The number of nitrogens with zero attached hydrogens (tertiary/aromatic N) is 1. The lowest BCUT2D eigenvalue weighted by Gasteiger charge is -2.28. The van der Waals surface area contributed by atoms with E-state index in [1.807, 2.05) is 44.2 Å². The summed E-state index contributed by atoms with van der Waals surface area (Å²) < 4.78 is 31.2. The Hall–Kier alpha value is -2.54. The van der Waals surface area contributed by atoms with Gasteiger partial charge in [0.25, 0.3) is 0 Å². The molecule has 0 saturated heterocycles. The summed E-state index contributed by atoms with van der Waals surface area (Å²) in [6.07, 6.45) is 1.10. The molecule has 0 fully saturated rings. The number of ether oxygens (including phenoxy) is 1. The predicted octanol–water partition coefficient (Wildman–Crippen LogP) is 2.78. The van der Waals surface area contributed by atoms with Crippen molar-refractivity contribution in [3.8, 4) is 5.75 Å². The average Bonchev–Trinajstić information content (AvgIpc) is 2.61. The minimum absolute atomic E-state index is 0.248. The molecule has 2 aromatic rings. The van der Waals surface area contributed by atoms with Crippen molar-refractivity contribution in [3.63, 3.8) is 0 Å². The van der Waals surface area contributed by atoms with E-state index in [9.17, 15) is 13.2 Å². The molecule has 146 valence electrons. The van der Waals surface area contributed by atoms with Gasteiger partial charge in [0.2, 0.25) is 15.9 Å². The van der Waals surface area contributed by atoms with E-state index in [2.05, 4.69) is 5.32 Å². The van der Waals surface area contributed by atoms with E-state index in [0.29, 0.717) is 11.4 Å². The summed E-state index contributed by atoms with van der Waals surface area (Å²) >= 11 is 0. The summed E-state index contributed by atoms with van der Waals surface area (Å²) in [6, 6.07) is 11.8. The average molecular weight is 391 g/mol. The second kappa shape index (κ2) is 8.43. The zero-order chi connectivity index (χ0) is 20.2. The predicted molar refractivity (Wildman–Crippen MR) is 108 cm³/mol. The summed E-state index contributed by atoms with van der Waals surface area (Å²) in [5.74, 6) is 0.282. The number of carbonyl (C=O) groups excluding carboxylic acids is 1. The number of hydrogen-bond donors (Lipinski definition) is 1. The Morgan fingerprint density at radius 1 is 1.15 bits per heavy atom. The fraction of sp³-hybridized carbons (Fsp3) is 0.350. The zero-order valence-electron chi connectivity index (χ0n) is 16.3. The van der Waals surface area contributed by atoms with Crippen LogP contribution in [0.25, 0.3) is 0 Å². The molecule has 1 unspecified atom stereocenters. The fourth-order valence-electron chi connectivity index (χ4n) is 2.85. The Bertz CT molecular complexity index is 925. The Kier molecular flexibility index (Phi) is 6.49. The first-order valence-electron chi connectivity index (χ1n) is 8.61. The van der Waals surface area contributed by atoms with Crippen LogP contribution in [0.3, 0.4) is 0 Å². The minimum Gasteiger partial charge on any atom is -0.496 e. The maximum absolute atomic E-state index is 12.7. The van der Waals surface area contributed by atoms with E-state index in [4.69, 9.17) is 4.74 Å². The SMILES string of the molecule is COc1ccccc1CNC(=O)C(C)N(c1ccc(C)c(C)c1)S(C)(=O)=O. The molecule has 2 aromatic carbocycles. The molecule has 0 aliphatic heterocycles. The molecule has 6 nitrogen and oxygen atoms in total. The van der Waals surface area contributed by atoms with E-state index in [-0.39, 0.29) is 12.5 Å². The molecule has 0 radical (unpaired) electrons. The highest BCUT2D eigenvalue weighted by atomic mass is 32.2. The summed E-state index contributed by atoms with van der Waals surface area (Å²) in [6.45, 7) is 5.69. The van der Waals surface area contributed by atoms with Crippen LogP contribution in [0.1, 0.15) is 23.6 Å². The van der Waals surface area contributed by atoms with Gasteiger partial charge in [-0.1, -0.05) is 24.3 Å². The van der Waals surface area contributed by atoms with Crippen LogP contribution in [-0.4, -0.2) is 33.7 Å². The number of sulfonamides is 1. The third kappa shape index (κ3) is 5.01. The summed E-state index contributed by atoms with van der Waals surface area (Å²) in [7, 11) is -2.08. The molecule has 7 heteroatoms. The Labute approximate surface area is 161 Å². The number of anilines is 1. The normalized spacial score (nSPS) is 12.3. The van der Waals surface area contributed by atoms with Crippen LogP contribution in [0.4, 0.5) is 5.69 Å². The Morgan fingerprint density at radius 3 is 2.41 bits per heavy atom. The van der Waals surface area contributed by atoms with Crippen LogP contribution < -0.4 is 14.4 Å². The van der Waals surface area contributed by atoms with Gasteiger partial charge in [-0.3, -0.25) is 9.10 Å². The number of nitrogens with one attached hydrogen (secondary N) is 1. The zero-order valence-corrected chi connectivity index (χ0v) is 17.1. The molecule has 1 atom stereocenters. The monoisotopic (exact) mass is 390 g/mol. The van der Waals surface area contributed by atoms with Gasteiger partial charge in [0, 0.05) is 12.1 Å². The maximum Gasteiger partial charge on any atom is 0.243 e. The number of rotatable bonds is 7. The third-order valence-corrected chi connectivity index (χ3v) is 5.72. The summed E-state index contributed by atoms with van der Waals surface area (Å²) in [5.41, 5.74) is 3.31. The second-order valence-electron chi connectivity index (χ2n) is 6.53. The number of benzene rings is 2. The van der Waals surface area contributed by atoms with Crippen molar-refractivity contribution in [2.45, 2.75) is 33.4 Å². The van der Waals surface area contributed by atoms with Gasteiger partial charge in [-0.25, -0.2) is 8.42 Å². The lowest BCUT2D eigenvalue weighted by molar-refractivity contribution is -0.122. The molecule has 0 heterocycles. The van der Waals surface area contributed by atoms with Crippen LogP contribution in [0.15, 0.2) is 42.5 Å². The molecule has 0 aliphatic carbocycles. The van der Waals surface area contributed by atoms with Gasteiger partial charge < -0.3 is 10.1 Å². The summed E-state index contributed by atoms with van der Waals surface area (Å²) in [5, 5.41) is 2.80. The number of para-hydroxylation sites is 1. The lowest BCUT2D eigenvalue weighted by Crippen LogP contribution is -2.47. The molecule has 0 bridgehead atoms. The third-order valence-electron chi connectivity index (χ3n) is 4.48. The van der Waals surface area contributed by atoms with E-state index in [1.54, 1.807) is 26.2 Å². The van der Waals surface area contributed by atoms with Gasteiger partial charge in [0.1, 0.15) is 11.8 Å². The highest BCUT2D eigenvalue weighted by Crippen LogP contribution is 2.24. The van der Waals surface area contributed by atoms with E-state index in [0.717, 1.165) is 27.3 Å². The molecule has 1 amide bonds. The highest BCUT2D eigenvalue weighted by molar-refractivity contribution is 7.92. The molecule has 27 heavy (non-hydrogen) atoms. The molecule has 2 rings (SSSR count). The van der Waals surface area contributed by atoms with Crippen LogP contribution in [-0.2, 0) is 21.4 Å². The Balaban J connectivity index is 2.23. The van der Waals surface area contributed by atoms with Crippen molar-refractivity contribution in [1.29, 1.82) is 0 Å². The van der Waals surface area contributed by atoms with Crippen LogP contribution >= 0.6 is 0 Å². The lowest BCUT2D eigenvalue weighted by atomic mass is 10.1. The highest BCUT2D eigenvalue weighted by Gasteiger charge is 2.29. The van der Waals surface area contributed by atoms with Crippen molar-refractivity contribution in [2.24, 2.45) is 0 Å². The van der Waals surface area contributed by atoms with E-state index < -0.39 is 16.1 Å². The van der Waals surface area contributed by atoms with Crippen LogP contribution in [0, 0.1) is 13.8 Å². The largest absolute Gasteiger partial charge is 0.496 e. The fourth-order valence-corrected chi connectivity index (χ4v) is 4.02. The van der Waals surface area contributed by atoms with Gasteiger partial charge in [0.15, 0.2) is 0 Å². The van der Waals surface area contributed by atoms with Crippen molar-refractivity contribution >= 4 is 21.6 Å². The standard InChI is InChI=1S/C20H26N2O4S/c1-14-10-11-18(12-15(14)2)22(27(5,24)25)16(3)20(23)21-13-17-8-6-7-9-19(17)26-4/h6-12,16H,13H2,1-5H3,(H,21,23). The number of carbonyl (C=O) groups is 1. The molecular formula is C20H26N2O4S. The van der Waals surface area contributed by atoms with Gasteiger partial charge in [0.05, 0.1) is 19.1 Å². The van der Waals surface area contributed by atoms with Crippen molar-refractivity contribution in [2.75, 3.05) is 17.7 Å². The van der Waals surface area contributed by atoms with E-state index >= 15 is 0 Å². The van der Waals surface area contributed by atoms with Crippen LogP contribution in [0.5, 0.6) is 5.75 Å². The quantitative estimate of drug-likeness (QED) is 0.789. The second-order valence-corrected chi connectivity index (χ2v) is 8.39. The number of amides is 1. The van der Waals surface area contributed by atoms with Gasteiger partial charge in [-0.2, -0.15) is 0 Å². The molecule has 0 aromatic heterocycles. The topological polar surface area (TPSA) is 75.7 Å². The molecule has 1 N–H and O–H groups in total. The number of hydrogen-bond acceptors (Lipinski definition) is 4. The Morgan fingerprint density at radius 2 is 1.81 bits per heavy atom. The first kappa shape index (κ1) is 20.8.